The molecule has 8 heavy (non-hydrogen) atoms. The highest BCUT2D eigenvalue weighted by Crippen LogP contribution is 1.92. The molecule has 0 aromatic carbocycles. The van der Waals surface area contributed by atoms with Crippen LogP contribution in [0.3, 0.4) is 0 Å². The molecular formula is C4H10NO2S. The van der Waals surface area contributed by atoms with Gasteiger partial charge in [0.15, 0.2) is 0 Å². The second kappa shape index (κ2) is 2.46. The minimum atomic E-state index is -3.10. The third-order valence-corrected chi connectivity index (χ3v) is 2.47. The normalized spacial score (nSPS) is 12.5. The molecule has 3 nitrogen and oxygen atoms in total. The van der Waals surface area contributed by atoms with E-state index in [4.69, 9.17) is 0 Å². The summed E-state index contributed by atoms with van der Waals surface area (Å²) in [6.07, 6.45) is 0. The molecule has 0 saturated carbocycles. The monoisotopic (exact) mass is 136 g/mol. The maximum atomic E-state index is 10.5. The first-order valence-electron chi connectivity index (χ1n) is 2.28. The van der Waals surface area contributed by atoms with Crippen LogP contribution in [-0.2, 0) is 10.0 Å². The van der Waals surface area contributed by atoms with Gasteiger partial charge in [-0.2, -0.15) is 0 Å². The molecule has 0 saturated heterocycles. The lowest BCUT2D eigenvalue weighted by molar-refractivity contribution is 0.581. The van der Waals surface area contributed by atoms with Crippen LogP contribution >= 0.6 is 0 Å². The van der Waals surface area contributed by atoms with Crippen LogP contribution in [0, 0.1) is 7.05 Å². The van der Waals surface area contributed by atoms with Gasteiger partial charge in [0.2, 0.25) is 10.0 Å². The van der Waals surface area contributed by atoms with Gasteiger partial charge in [-0.05, 0) is 13.8 Å². The van der Waals surface area contributed by atoms with E-state index in [0.717, 1.165) is 0 Å². The second-order valence-corrected chi connectivity index (χ2v) is 4.06. The summed E-state index contributed by atoms with van der Waals surface area (Å²) in [7, 11) is -0.0566. The standard InChI is InChI=1S/C4H10NO2S/c1-4(2)8(6,7)5-3/h4-5H,3H2,1-2H3. The third kappa shape index (κ3) is 1.79. The fourth-order valence-corrected chi connectivity index (χ4v) is 0.500. The molecule has 4 heteroatoms. The number of nitrogens with one attached hydrogen (secondary N) is 1. The van der Waals surface area contributed by atoms with Gasteiger partial charge in [-0.3, -0.25) is 0 Å². The van der Waals surface area contributed by atoms with Crippen LogP contribution in [0.2, 0.25) is 0 Å². The molecule has 0 amide bonds. The summed E-state index contributed by atoms with van der Waals surface area (Å²) >= 11 is 0. The van der Waals surface area contributed by atoms with Crippen molar-refractivity contribution in [2.75, 3.05) is 0 Å². The zero-order chi connectivity index (χ0) is 6.78. The molecule has 0 aliphatic heterocycles. The predicted molar refractivity (Wildman–Crippen MR) is 32.5 cm³/mol. The maximum absolute atomic E-state index is 10.5. The van der Waals surface area contributed by atoms with E-state index in [2.05, 4.69) is 7.05 Å². The van der Waals surface area contributed by atoms with Gasteiger partial charge in [-0.1, -0.05) is 0 Å². The van der Waals surface area contributed by atoms with E-state index in [9.17, 15) is 8.42 Å². The summed E-state index contributed by atoms with van der Waals surface area (Å²) in [6.45, 7) is 3.18. The lowest BCUT2D eigenvalue weighted by Gasteiger charge is -2.02. The summed E-state index contributed by atoms with van der Waals surface area (Å²) in [4.78, 5) is 0. The molecule has 0 unspecified atom stereocenters. The lowest BCUT2D eigenvalue weighted by Crippen LogP contribution is -2.25. The van der Waals surface area contributed by atoms with Crippen molar-refractivity contribution in [3.8, 4) is 0 Å². The van der Waals surface area contributed by atoms with E-state index in [-0.39, 0.29) is 5.25 Å². The van der Waals surface area contributed by atoms with Crippen molar-refractivity contribution in [2.24, 2.45) is 0 Å². The van der Waals surface area contributed by atoms with Crippen molar-refractivity contribution in [2.45, 2.75) is 19.1 Å². The Kier molecular flexibility index (Phi) is 2.43. The van der Waals surface area contributed by atoms with Gasteiger partial charge < -0.3 is 0 Å². The summed E-state index contributed by atoms with van der Waals surface area (Å²) in [5, 5.41) is -0.389. The summed E-state index contributed by atoms with van der Waals surface area (Å²) < 4.78 is 23.0. The van der Waals surface area contributed by atoms with E-state index < -0.39 is 10.0 Å². The SMILES string of the molecule is [CH2]NS(=O)(=O)C(C)C. The Balaban J connectivity index is 4.17. The second-order valence-electron chi connectivity index (χ2n) is 1.74. The Hall–Kier alpha value is -0.0900. The van der Waals surface area contributed by atoms with Crippen LogP contribution in [-0.4, -0.2) is 13.7 Å². The summed E-state index contributed by atoms with van der Waals surface area (Å²) in [5.74, 6) is 0. The molecular weight excluding hydrogens is 126 g/mol. The average Bonchev–Trinajstić information content (AvgIpc) is 1.67. The fraction of sp³-hybridized carbons (Fsp3) is 0.750. The molecule has 1 radical (unpaired) electrons. The highest BCUT2D eigenvalue weighted by atomic mass is 32.2. The predicted octanol–water partition coefficient (Wildman–Crippen LogP) is 0.106. The topological polar surface area (TPSA) is 46.2 Å². The Labute approximate surface area is 50.1 Å². The van der Waals surface area contributed by atoms with Crippen LogP contribution in [0.25, 0.3) is 0 Å². The van der Waals surface area contributed by atoms with E-state index in [1.807, 2.05) is 4.72 Å². The van der Waals surface area contributed by atoms with Gasteiger partial charge in [0.25, 0.3) is 0 Å². The van der Waals surface area contributed by atoms with Crippen LogP contribution in [0.4, 0.5) is 0 Å². The van der Waals surface area contributed by atoms with Crippen molar-refractivity contribution in [1.29, 1.82) is 0 Å². The van der Waals surface area contributed by atoms with E-state index >= 15 is 0 Å². The Morgan fingerprint density at radius 3 is 1.88 bits per heavy atom. The Bertz CT molecular complexity index is 147. The first-order valence-corrected chi connectivity index (χ1v) is 3.83. The van der Waals surface area contributed by atoms with E-state index in [0.29, 0.717) is 0 Å². The molecule has 0 aliphatic carbocycles. The molecule has 0 heterocycles. The minimum Gasteiger partial charge on any atom is -0.214 e. The molecule has 0 aromatic rings. The van der Waals surface area contributed by atoms with E-state index in [1.165, 1.54) is 0 Å². The zero-order valence-corrected chi connectivity index (χ0v) is 5.83. The van der Waals surface area contributed by atoms with Gasteiger partial charge >= 0.3 is 0 Å². The highest BCUT2D eigenvalue weighted by Gasteiger charge is 2.10. The fourth-order valence-electron chi connectivity index (χ4n) is 0.167. The maximum Gasteiger partial charge on any atom is 0.213 e. The number of rotatable bonds is 2. The molecule has 0 atom stereocenters. The van der Waals surface area contributed by atoms with Crippen molar-refractivity contribution >= 4 is 10.0 Å². The van der Waals surface area contributed by atoms with Gasteiger partial charge in [0.1, 0.15) is 0 Å². The van der Waals surface area contributed by atoms with Crippen LogP contribution in [0.1, 0.15) is 13.8 Å². The quantitative estimate of drug-likeness (QED) is 0.585. The smallest absolute Gasteiger partial charge is 0.213 e. The molecule has 0 rings (SSSR count). The molecule has 0 aromatic heterocycles. The van der Waals surface area contributed by atoms with Gasteiger partial charge in [-0.15, -0.1) is 0 Å². The van der Waals surface area contributed by atoms with Crippen molar-refractivity contribution < 1.29 is 8.42 Å². The zero-order valence-electron chi connectivity index (χ0n) is 5.01. The van der Waals surface area contributed by atoms with Gasteiger partial charge in [-0.25, -0.2) is 13.1 Å². The largest absolute Gasteiger partial charge is 0.214 e. The molecule has 0 bridgehead atoms. The molecule has 49 valence electrons. The van der Waals surface area contributed by atoms with Crippen molar-refractivity contribution in [1.82, 2.24) is 4.72 Å². The first kappa shape index (κ1) is 7.91. The van der Waals surface area contributed by atoms with Gasteiger partial charge in [0, 0.05) is 7.05 Å². The van der Waals surface area contributed by atoms with Gasteiger partial charge in [0.05, 0.1) is 5.25 Å². The Morgan fingerprint density at radius 2 is 1.88 bits per heavy atom. The van der Waals surface area contributed by atoms with Crippen LogP contribution in [0.5, 0.6) is 0 Å². The van der Waals surface area contributed by atoms with Crippen molar-refractivity contribution in [3.63, 3.8) is 0 Å². The van der Waals surface area contributed by atoms with Crippen LogP contribution < -0.4 is 4.72 Å². The highest BCUT2D eigenvalue weighted by molar-refractivity contribution is 7.90. The molecule has 1 N–H and O–H groups in total. The average molecular weight is 136 g/mol. The molecule has 0 aliphatic rings. The van der Waals surface area contributed by atoms with Crippen LogP contribution in [0.15, 0.2) is 0 Å². The summed E-state index contributed by atoms with van der Waals surface area (Å²) in [5.41, 5.74) is 0. The third-order valence-electron chi connectivity index (χ3n) is 0.822. The first-order chi connectivity index (χ1) is 3.50. The molecule has 0 fully saturated rings. The Morgan fingerprint density at radius 1 is 1.50 bits per heavy atom. The number of hydrogen-bond acceptors (Lipinski definition) is 2. The summed E-state index contributed by atoms with van der Waals surface area (Å²) in [6, 6.07) is 0. The minimum absolute atomic E-state index is 0.389. The lowest BCUT2D eigenvalue weighted by atomic mass is 10.6. The number of hydrogen-bond donors (Lipinski definition) is 1. The number of sulfonamides is 1. The van der Waals surface area contributed by atoms with E-state index in [1.54, 1.807) is 13.8 Å². The molecule has 0 spiro atoms. The van der Waals surface area contributed by atoms with Crippen molar-refractivity contribution in [3.05, 3.63) is 7.05 Å².